The number of halogens is 2. The molecule has 1 N–H and O–H groups in total. The minimum absolute atomic E-state index is 0.1000. The molecular formula is C18H19F2N5O. The summed E-state index contributed by atoms with van der Waals surface area (Å²) < 4.78 is 28.8. The van der Waals surface area contributed by atoms with Crippen LogP contribution in [0.15, 0.2) is 30.5 Å². The molecule has 3 heterocycles. The Morgan fingerprint density at radius 1 is 1.31 bits per heavy atom. The van der Waals surface area contributed by atoms with Gasteiger partial charge in [0.1, 0.15) is 11.5 Å². The van der Waals surface area contributed by atoms with Gasteiger partial charge >= 0.3 is 0 Å². The first-order chi connectivity index (χ1) is 12.2. The summed E-state index contributed by atoms with van der Waals surface area (Å²) in [5.74, 6) is -2.57. The molecule has 3 aromatic rings. The smallest absolute Gasteiger partial charge is 0.287 e. The van der Waals surface area contributed by atoms with E-state index in [1.165, 1.54) is 23.7 Å². The lowest BCUT2D eigenvalue weighted by molar-refractivity contribution is -0.114. The van der Waals surface area contributed by atoms with Crippen molar-refractivity contribution in [3.63, 3.8) is 0 Å². The largest absolute Gasteiger partial charge is 0.311 e. The van der Waals surface area contributed by atoms with E-state index in [9.17, 15) is 13.6 Å². The number of hydrogen-bond donors (Lipinski definition) is 1. The van der Waals surface area contributed by atoms with Crippen LogP contribution in [-0.2, 0) is 10.7 Å². The first kappa shape index (κ1) is 17.9. The van der Waals surface area contributed by atoms with Gasteiger partial charge in [0.05, 0.1) is 11.2 Å². The van der Waals surface area contributed by atoms with Crippen LogP contribution in [0, 0.1) is 0 Å². The van der Waals surface area contributed by atoms with Gasteiger partial charge in [-0.2, -0.15) is 13.9 Å². The van der Waals surface area contributed by atoms with Gasteiger partial charge in [-0.3, -0.25) is 4.79 Å². The second-order valence-electron chi connectivity index (χ2n) is 6.49. The third kappa shape index (κ3) is 3.40. The zero-order valence-electron chi connectivity index (χ0n) is 14.9. The number of hydrogen-bond acceptors (Lipinski definition) is 4. The zero-order chi connectivity index (χ0) is 19.1. The second-order valence-corrected chi connectivity index (χ2v) is 6.49. The number of anilines is 1. The maximum Gasteiger partial charge on any atom is 0.287 e. The highest BCUT2D eigenvalue weighted by molar-refractivity contribution is 5.91. The van der Waals surface area contributed by atoms with Gasteiger partial charge in [0.2, 0.25) is 5.91 Å². The summed E-state index contributed by atoms with van der Waals surface area (Å²) in [5, 5.41) is 7.96. The Morgan fingerprint density at radius 3 is 2.65 bits per heavy atom. The van der Waals surface area contributed by atoms with E-state index in [4.69, 9.17) is 0 Å². The Hall–Kier alpha value is -2.90. The molecule has 0 bridgehead atoms. The minimum atomic E-state index is -3.05. The summed E-state index contributed by atoms with van der Waals surface area (Å²) in [5.41, 5.74) is 1.08. The molecule has 6 nitrogen and oxygen atoms in total. The van der Waals surface area contributed by atoms with Gasteiger partial charge in [0.15, 0.2) is 5.82 Å². The summed E-state index contributed by atoms with van der Waals surface area (Å²) in [6.45, 7) is 6.16. The maximum atomic E-state index is 13.7. The van der Waals surface area contributed by atoms with E-state index in [0.29, 0.717) is 11.3 Å². The van der Waals surface area contributed by atoms with Gasteiger partial charge in [0.25, 0.3) is 5.92 Å². The standard InChI is InChI=1S/C18H19F2N5O/c1-10(2)17-12-9-21-15(22-11(3)26)8-13(12)25(24-17)16-7-5-6-14(23-16)18(4,19)20/h5-10H,1-4H3,(H,21,22,26). The molecule has 3 rings (SSSR count). The van der Waals surface area contributed by atoms with Crippen molar-refractivity contribution in [1.29, 1.82) is 0 Å². The molecule has 0 saturated carbocycles. The first-order valence-corrected chi connectivity index (χ1v) is 8.19. The average Bonchev–Trinajstić information content (AvgIpc) is 2.92. The first-order valence-electron chi connectivity index (χ1n) is 8.19. The van der Waals surface area contributed by atoms with Crippen LogP contribution in [0.25, 0.3) is 16.7 Å². The number of nitrogens with zero attached hydrogens (tertiary/aromatic N) is 4. The molecule has 0 radical (unpaired) electrons. The molecule has 0 aromatic carbocycles. The summed E-state index contributed by atoms with van der Waals surface area (Å²) in [6, 6.07) is 6.08. The Balaban J connectivity index is 2.23. The Bertz CT molecular complexity index is 975. The Kier molecular flexibility index (Phi) is 4.43. The molecule has 0 unspecified atom stereocenters. The van der Waals surface area contributed by atoms with Crippen LogP contribution in [0.2, 0.25) is 0 Å². The zero-order valence-corrected chi connectivity index (χ0v) is 14.9. The van der Waals surface area contributed by atoms with Crippen molar-refractivity contribution < 1.29 is 13.6 Å². The third-order valence-electron chi connectivity index (χ3n) is 3.85. The van der Waals surface area contributed by atoms with E-state index in [1.54, 1.807) is 18.3 Å². The van der Waals surface area contributed by atoms with Crippen molar-refractivity contribution in [3.05, 3.63) is 41.9 Å². The molecular weight excluding hydrogens is 340 g/mol. The molecule has 8 heteroatoms. The molecule has 0 aliphatic carbocycles. The highest BCUT2D eigenvalue weighted by Gasteiger charge is 2.27. The fourth-order valence-corrected chi connectivity index (χ4v) is 2.67. The molecule has 0 fully saturated rings. The van der Waals surface area contributed by atoms with Crippen LogP contribution < -0.4 is 5.32 Å². The van der Waals surface area contributed by atoms with E-state index in [2.05, 4.69) is 20.4 Å². The summed E-state index contributed by atoms with van der Waals surface area (Å²) in [4.78, 5) is 19.6. The predicted molar refractivity (Wildman–Crippen MR) is 94.6 cm³/mol. The van der Waals surface area contributed by atoms with Gasteiger partial charge in [0, 0.05) is 31.5 Å². The number of rotatable bonds is 4. The lowest BCUT2D eigenvalue weighted by Gasteiger charge is -2.11. The molecule has 0 aliphatic rings. The monoisotopic (exact) mass is 359 g/mol. The molecule has 136 valence electrons. The number of nitrogens with one attached hydrogen (secondary N) is 1. The van der Waals surface area contributed by atoms with E-state index in [-0.39, 0.29) is 23.3 Å². The molecule has 1 amide bonds. The number of alkyl halides is 2. The van der Waals surface area contributed by atoms with Gasteiger partial charge in [-0.05, 0) is 18.1 Å². The molecule has 0 atom stereocenters. The number of fused-ring (bicyclic) bond motifs is 1. The van der Waals surface area contributed by atoms with Gasteiger partial charge in [-0.15, -0.1) is 0 Å². The van der Waals surface area contributed by atoms with Crippen LogP contribution in [0.3, 0.4) is 0 Å². The van der Waals surface area contributed by atoms with Gasteiger partial charge < -0.3 is 5.32 Å². The number of aromatic nitrogens is 4. The van der Waals surface area contributed by atoms with Crippen molar-refractivity contribution in [1.82, 2.24) is 19.7 Å². The highest BCUT2D eigenvalue weighted by Crippen LogP contribution is 2.29. The number of amides is 1. The lowest BCUT2D eigenvalue weighted by atomic mass is 10.1. The van der Waals surface area contributed by atoms with Gasteiger partial charge in [-0.1, -0.05) is 19.9 Å². The summed E-state index contributed by atoms with van der Waals surface area (Å²) in [6.07, 6.45) is 1.62. The van der Waals surface area contributed by atoms with Crippen molar-refractivity contribution in [3.8, 4) is 5.82 Å². The van der Waals surface area contributed by atoms with Crippen molar-refractivity contribution in [2.24, 2.45) is 0 Å². The molecule has 26 heavy (non-hydrogen) atoms. The fraction of sp³-hybridized carbons (Fsp3) is 0.333. The van der Waals surface area contributed by atoms with Crippen LogP contribution in [0.4, 0.5) is 14.6 Å². The SMILES string of the molecule is CC(=O)Nc1cc2c(cn1)c(C(C)C)nn2-c1cccc(C(C)(F)F)n1. The molecule has 0 aliphatic heterocycles. The fourth-order valence-electron chi connectivity index (χ4n) is 2.67. The van der Waals surface area contributed by atoms with Crippen LogP contribution in [0.5, 0.6) is 0 Å². The lowest BCUT2D eigenvalue weighted by Crippen LogP contribution is -2.12. The molecule has 3 aromatic heterocycles. The quantitative estimate of drug-likeness (QED) is 0.764. The average molecular weight is 359 g/mol. The Labute approximate surface area is 149 Å². The number of carbonyl (C=O) groups excluding carboxylic acids is 1. The minimum Gasteiger partial charge on any atom is -0.311 e. The number of pyridine rings is 2. The topological polar surface area (TPSA) is 72.7 Å². The maximum absolute atomic E-state index is 13.7. The van der Waals surface area contributed by atoms with E-state index in [1.807, 2.05) is 13.8 Å². The molecule has 0 spiro atoms. The Morgan fingerprint density at radius 2 is 2.04 bits per heavy atom. The normalized spacial score (nSPS) is 12.0. The van der Waals surface area contributed by atoms with E-state index < -0.39 is 5.92 Å². The van der Waals surface area contributed by atoms with Crippen LogP contribution in [-0.4, -0.2) is 25.7 Å². The third-order valence-corrected chi connectivity index (χ3v) is 3.85. The van der Waals surface area contributed by atoms with Crippen molar-refractivity contribution in [2.45, 2.75) is 39.5 Å². The number of carbonyl (C=O) groups is 1. The van der Waals surface area contributed by atoms with E-state index >= 15 is 0 Å². The van der Waals surface area contributed by atoms with Crippen LogP contribution in [0.1, 0.15) is 45.0 Å². The predicted octanol–water partition coefficient (Wildman–Crippen LogP) is 4.01. The van der Waals surface area contributed by atoms with Crippen molar-refractivity contribution >= 4 is 22.6 Å². The molecule has 0 saturated heterocycles. The highest BCUT2D eigenvalue weighted by atomic mass is 19.3. The van der Waals surface area contributed by atoms with Gasteiger partial charge in [-0.25, -0.2) is 14.6 Å². The van der Waals surface area contributed by atoms with Crippen molar-refractivity contribution in [2.75, 3.05) is 5.32 Å². The van der Waals surface area contributed by atoms with Crippen LogP contribution >= 0.6 is 0 Å². The summed E-state index contributed by atoms with van der Waals surface area (Å²) >= 11 is 0. The summed E-state index contributed by atoms with van der Waals surface area (Å²) in [7, 11) is 0. The van der Waals surface area contributed by atoms with E-state index in [0.717, 1.165) is 18.0 Å². The second kappa shape index (κ2) is 6.44.